The van der Waals surface area contributed by atoms with E-state index in [2.05, 4.69) is 0 Å². The highest BCUT2D eigenvalue weighted by Gasteiger charge is 2.29. The summed E-state index contributed by atoms with van der Waals surface area (Å²) in [7, 11) is 0. The van der Waals surface area contributed by atoms with Gasteiger partial charge in [-0.1, -0.05) is 22.7 Å². The highest BCUT2D eigenvalue weighted by atomic mass is 32.1. The first-order valence-corrected chi connectivity index (χ1v) is 11.4. The topological polar surface area (TPSA) is 69.0 Å². The molecule has 1 saturated carbocycles. The summed E-state index contributed by atoms with van der Waals surface area (Å²) >= 11 is 5.32. The van der Waals surface area contributed by atoms with Gasteiger partial charge in [-0.3, -0.25) is 4.79 Å². The fourth-order valence-electron chi connectivity index (χ4n) is 4.34. The van der Waals surface area contributed by atoms with Crippen LogP contribution in [-0.4, -0.2) is 51.8 Å². The fourth-order valence-corrected chi connectivity index (χ4v) is 4.63. The van der Waals surface area contributed by atoms with Crippen LogP contribution in [0.2, 0.25) is 0 Å². The van der Waals surface area contributed by atoms with Crippen molar-refractivity contribution in [3.05, 3.63) is 70.3 Å². The summed E-state index contributed by atoms with van der Waals surface area (Å²) in [5.74, 6) is -1.92. The van der Waals surface area contributed by atoms with Gasteiger partial charge in [0.05, 0.1) is 16.9 Å². The van der Waals surface area contributed by atoms with Crippen LogP contribution in [0, 0.1) is 5.82 Å². The first-order valence-electron chi connectivity index (χ1n) is 11.0. The normalized spacial score (nSPS) is 16.1. The largest absolute Gasteiger partial charge is 0.477 e. The minimum atomic E-state index is -1.32. The van der Waals surface area contributed by atoms with Gasteiger partial charge in [0.1, 0.15) is 11.4 Å². The number of hydrogen-bond acceptors (Lipinski definition) is 4. The summed E-state index contributed by atoms with van der Waals surface area (Å²) in [6, 6.07) is 11.4. The number of anilines is 2. The average Bonchev–Trinajstić information content (AvgIpc) is 3.69. The van der Waals surface area contributed by atoms with Crippen molar-refractivity contribution in [3.63, 3.8) is 0 Å². The maximum Gasteiger partial charge on any atom is 0.341 e. The molecule has 0 unspecified atom stereocenters. The lowest BCUT2D eigenvalue weighted by Gasteiger charge is -2.38. The molecule has 0 spiro atoms. The van der Waals surface area contributed by atoms with Gasteiger partial charge in [-0.25, -0.2) is 9.18 Å². The molecule has 0 amide bonds. The molecule has 7 nitrogen and oxygen atoms in total. The number of benzene rings is 2. The molecular weight excluding hydrogens is 462 g/mol. The zero-order valence-electron chi connectivity index (χ0n) is 18.2. The summed E-state index contributed by atoms with van der Waals surface area (Å²) in [6.45, 7) is 1.62. The van der Waals surface area contributed by atoms with Crippen LogP contribution >= 0.6 is 12.2 Å². The van der Waals surface area contributed by atoms with Gasteiger partial charge in [-0.15, -0.1) is 0 Å². The van der Waals surface area contributed by atoms with E-state index >= 15 is 4.39 Å². The third-order valence-electron chi connectivity index (χ3n) is 6.31. The lowest BCUT2D eigenvalue weighted by atomic mass is 10.1. The number of halogens is 2. The Morgan fingerprint density at radius 3 is 2.38 bits per heavy atom. The van der Waals surface area contributed by atoms with Gasteiger partial charge in [0, 0.05) is 43.8 Å². The minimum absolute atomic E-state index is 0.0496. The number of carboxylic acid groups (broad SMARTS) is 1. The second kappa shape index (κ2) is 8.68. The summed E-state index contributed by atoms with van der Waals surface area (Å²) < 4.78 is 31.6. The van der Waals surface area contributed by atoms with Crippen LogP contribution in [0.4, 0.5) is 20.2 Å². The predicted octanol–water partition coefficient (Wildman–Crippen LogP) is 3.97. The number of aromatic carboxylic acids is 1. The summed E-state index contributed by atoms with van der Waals surface area (Å²) in [5.41, 5.74) is 0.141. The average molecular weight is 485 g/mol. The minimum Gasteiger partial charge on any atom is -0.477 e. The number of nitrogens with zero attached hydrogens (tertiary/aromatic N) is 4. The van der Waals surface area contributed by atoms with Crippen molar-refractivity contribution < 1.29 is 18.8 Å². The number of pyridine rings is 1. The van der Waals surface area contributed by atoms with Gasteiger partial charge in [-0.2, -0.15) is 5.12 Å². The van der Waals surface area contributed by atoms with Crippen LogP contribution in [0.25, 0.3) is 10.9 Å². The van der Waals surface area contributed by atoms with Gasteiger partial charge in [0.25, 0.3) is 0 Å². The van der Waals surface area contributed by atoms with Crippen molar-refractivity contribution in [2.24, 2.45) is 0 Å². The molecule has 2 fully saturated rings. The molecule has 1 aliphatic heterocycles. The number of aromatic nitrogens is 1. The van der Waals surface area contributed by atoms with E-state index < -0.39 is 17.2 Å². The molecule has 2 aliphatic rings. The maximum absolute atomic E-state index is 15.1. The van der Waals surface area contributed by atoms with Gasteiger partial charge >= 0.3 is 5.97 Å². The van der Waals surface area contributed by atoms with Gasteiger partial charge in [-0.05, 0) is 49.3 Å². The Kier molecular flexibility index (Phi) is 5.68. The molecule has 176 valence electrons. The zero-order chi connectivity index (χ0) is 24.0. The van der Waals surface area contributed by atoms with Gasteiger partial charge in [0.2, 0.25) is 10.5 Å². The molecule has 0 atom stereocenters. The molecule has 2 aromatic carbocycles. The smallest absolute Gasteiger partial charge is 0.341 e. The van der Waals surface area contributed by atoms with Crippen LogP contribution in [0.3, 0.4) is 0 Å². The van der Waals surface area contributed by atoms with E-state index in [-0.39, 0.29) is 22.1 Å². The molecule has 0 bridgehead atoms. The maximum atomic E-state index is 15.1. The Morgan fingerprint density at radius 2 is 1.76 bits per heavy atom. The summed E-state index contributed by atoms with van der Waals surface area (Å²) in [4.78, 5) is 27.8. The number of carboxylic acids is 1. The van der Waals surface area contributed by atoms with Crippen molar-refractivity contribution in [3.8, 4) is 0 Å². The van der Waals surface area contributed by atoms with E-state index in [9.17, 15) is 19.2 Å². The van der Waals surface area contributed by atoms with E-state index in [1.54, 1.807) is 45.9 Å². The fraction of sp³-hybridized carbons (Fsp3) is 0.292. The number of thiocarbonyl (C=S) groups is 1. The number of rotatable bonds is 4. The van der Waals surface area contributed by atoms with Crippen LogP contribution in [0.5, 0.6) is 0 Å². The summed E-state index contributed by atoms with van der Waals surface area (Å²) in [6.07, 6.45) is 3.12. The van der Waals surface area contributed by atoms with E-state index in [0.717, 1.165) is 18.9 Å². The molecule has 3 aromatic rings. The highest BCUT2D eigenvalue weighted by Crippen LogP contribution is 2.38. The molecule has 5 rings (SSSR count). The van der Waals surface area contributed by atoms with Gasteiger partial charge < -0.3 is 19.5 Å². The summed E-state index contributed by atoms with van der Waals surface area (Å²) in [5, 5.41) is 9.98. The molecule has 1 N–H and O–H groups in total. The Hall–Kier alpha value is -3.53. The SMILES string of the molecule is O=C(O)c1cn(C2CC2)c2cc(N3CCN(C(=S)N(F)c4ccccc4)CC3)c(F)cc2c1=O. The second-order valence-electron chi connectivity index (χ2n) is 8.51. The Labute approximate surface area is 199 Å². The number of carbonyl (C=O) groups is 1. The number of para-hydroxylation sites is 1. The molecule has 1 aromatic heterocycles. The van der Waals surface area contributed by atoms with Crippen molar-refractivity contribution in [2.45, 2.75) is 18.9 Å². The van der Waals surface area contributed by atoms with Crippen molar-refractivity contribution in [1.82, 2.24) is 9.47 Å². The molecule has 1 saturated heterocycles. The van der Waals surface area contributed by atoms with Gasteiger partial charge in [0.15, 0.2) is 0 Å². The number of hydrogen-bond donors (Lipinski definition) is 1. The van der Waals surface area contributed by atoms with Crippen LogP contribution in [0.15, 0.2) is 53.5 Å². The molecular formula is C24H22F2N4O3S. The predicted molar refractivity (Wildman–Crippen MR) is 130 cm³/mol. The third kappa shape index (κ3) is 3.98. The number of piperazine rings is 1. The first kappa shape index (κ1) is 22.3. The van der Waals surface area contributed by atoms with E-state index in [0.29, 0.717) is 48.2 Å². The van der Waals surface area contributed by atoms with Crippen LogP contribution < -0.4 is 15.5 Å². The van der Waals surface area contributed by atoms with Crippen molar-refractivity contribution >= 4 is 45.6 Å². The standard InChI is InChI=1S/C24H22F2N4O3S/c25-19-12-17-20(29(15-6-7-15)14-18(22(17)31)23(32)33)13-21(19)27-8-10-28(11-9-27)24(34)30(26)16-4-2-1-3-5-16/h1-5,12-15H,6-11H2,(H,32,33). The van der Waals surface area contributed by atoms with Crippen LogP contribution in [0.1, 0.15) is 29.2 Å². The Morgan fingerprint density at radius 1 is 1.09 bits per heavy atom. The monoisotopic (exact) mass is 484 g/mol. The van der Waals surface area contributed by atoms with E-state index in [4.69, 9.17) is 12.2 Å². The lowest BCUT2D eigenvalue weighted by molar-refractivity contribution is 0.0695. The van der Waals surface area contributed by atoms with E-state index in [1.807, 2.05) is 4.90 Å². The third-order valence-corrected chi connectivity index (χ3v) is 6.73. The zero-order valence-corrected chi connectivity index (χ0v) is 19.0. The number of fused-ring (bicyclic) bond motifs is 1. The quantitative estimate of drug-likeness (QED) is 0.444. The molecule has 2 heterocycles. The molecule has 34 heavy (non-hydrogen) atoms. The van der Waals surface area contributed by atoms with Crippen molar-refractivity contribution in [2.75, 3.05) is 36.2 Å². The molecule has 10 heteroatoms. The van der Waals surface area contributed by atoms with Crippen molar-refractivity contribution in [1.29, 1.82) is 0 Å². The Bertz CT molecular complexity index is 1340. The molecule has 1 aliphatic carbocycles. The van der Waals surface area contributed by atoms with Crippen LogP contribution in [-0.2, 0) is 0 Å². The Balaban J connectivity index is 1.40. The second-order valence-corrected chi connectivity index (χ2v) is 8.87. The first-order chi connectivity index (χ1) is 16.3. The molecule has 0 radical (unpaired) electrons. The lowest BCUT2D eigenvalue weighted by Crippen LogP contribution is -2.51. The highest BCUT2D eigenvalue weighted by molar-refractivity contribution is 7.80. The van der Waals surface area contributed by atoms with E-state index in [1.165, 1.54) is 6.20 Å².